The maximum Gasteiger partial charge on any atom is 0.225 e. The first-order valence-electron chi connectivity index (χ1n) is 9.64. The Labute approximate surface area is 168 Å². The standard InChI is InChI=1S/C22H30N2O3S/c1-6-24(7-2)19-11-12-20(18(5)15-19)23-21(25)13-14-28(26,27)22-16(3)9-8-10-17(22)4/h8-12,15H,6-7,13-14H2,1-5H3,(H,23,25). The van der Waals surface area contributed by atoms with Crippen molar-refractivity contribution in [2.24, 2.45) is 0 Å². The molecule has 0 saturated carbocycles. The van der Waals surface area contributed by atoms with Crippen LogP contribution in [0.5, 0.6) is 0 Å². The Kier molecular flexibility index (Phi) is 7.24. The van der Waals surface area contributed by atoms with E-state index in [1.165, 1.54) is 0 Å². The van der Waals surface area contributed by atoms with Gasteiger partial charge in [0.15, 0.2) is 9.84 Å². The zero-order chi connectivity index (χ0) is 20.9. The van der Waals surface area contributed by atoms with Crippen LogP contribution in [-0.4, -0.2) is 33.2 Å². The topological polar surface area (TPSA) is 66.5 Å². The summed E-state index contributed by atoms with van der Waals surface area (Å²) in [7, 11) is -3.51. The molecule has 0 atom stereocenters. The van der Waals surface area contributed by atoms with Crippen molar-refractivity contribution in [1.29, 1.82) is 0 Å². The molecular formula is C22H30N2O3S. The SMILES string of the molecule is CCN(CC)c1ccc(NC(=O)CCS(=O)(=O)c2c(C)cccc2C)c(C)c1. The van der Waals surface area contributed by atoms with E-state index < -0.39 is 9.84 Å². The number of carbonyl (C=O) groups is 1. The molecule has 0 saturated heterocycles. The maximum atomic E-state index is 12.7. The van der Waals surface area contributed by atoms with Crippen LogP contribution in [0.3, 0.4) is 0 Å². The molecule has 152 valence electrons. The molecule has 0 unspecified atom stereocenters. The van der Waals surface area contributed by atoms with Gasteiger partial charge in [-0.05, 0) is 69.5 Å². The number of nitrogens with zero attached hydrogens (tertiary/aromatic N) is 1. The minimum absolute atomic E-state index is 0.0760. The molecule has 2 rings (SSSR count). The monoisotopic (exact) mass is 402 g/mol. The number of anilines is 2. The van der Waals surface area contributed by atoms with Crippen LogP contribution in [0.4, 0.5) is 11.4 Å². The van der Waals surface area contributed by atoms with Crippen molar-refractivity contribution in [3.8, 4) is 0 Å². The zero-order valence-corrected chi connectivity index (χ0v) is 18.2. The fourth-order valence-electron chi connectivity index (χ4n) is 3.41. The van der Waals surface area contributed by atoms with Crippen LogP contribution in [0.1, 0.15) is 37.0 Å². The Morgan fingerprint density at radius 1 is 0.964 bits per heavy atom. The Bertz CT molecular complexity index is 928. The van der Waals surface area contributed by atoms with Gasteiger partial charge in [0.2, 0.25) is 5.91 Å². The van der Waals surface area contributed by atoms with Gasteiger partial charge in [-0.2, -0.15) is 0 Å². The van der Waals surface area contributed by atoms with E-state index in [0.717, 1.165) is 24.3 Å². The molecule has 1 amide bonds. The zero-order valence-electron chi connectivity index (χ0n) is 17.4. The third-order valence-corrected chi connectivity index (χ3v) is 6.94. The second-order valence-electron chi connectivity index (χ2n) is 7.01. The average Bonchev–Trinajstić information content (AvgIpc) is 2.63. The van der Waals surface area contributed by atoms with Crippen LogP contribution < -0.4 is 10.2 Å². The molecule has 28 heavy (non-hydrogen) atoms. The molecule has 5 nitrogen and oxygen atoms in total. The number of sulfone groups is 1. The van der Waals surface area contributed by atoms with E-state index in [1.807, 2.05) is 31.2 Å². The minimum atomic E-state index is -3.51. The smallest absolute Gasteiger partial charge is 0.225 e. The minimum Gasteiger partial charge on any atom is -0.372 e. The summed E-state index contributed by atoms with van der Waals surface area (Å²) in [4.78, 5) is 14.9. The Balaban J connectivity index is 2.06. The van der Waals surface area contributed by atoms with E-state index >= 15 is 0 Å². The van der Waals surface area contributed by atoms with Gasteiger partial charge >= 0.3 is 0 Å². The molecule has 0 aromatic heterocycles. The molecule has 6 heteroatoms. The largest absolute Gasteiger partial charge is 0.372 e. The Morgan fingerprint density at radius 2 is 1.57 bits per heavy atom. The fourth-order valence-corrected chi connectivity index (χ4v) is 5.18. The second kappa shape index (κ2) is 9.24. The van der Waals surface area contributed by atoms with Gasteiger partial charge in [-0.1, -0.05) is 18.2 Å². The molecule has 2 aromatic rings. The summed E-state index contributed by atoms with van der Waals surface area (Å²) in [6.07, 6.45) is -0.0760. The molecule has 2 aromatic carbocycles. The highest BCUT2D eigenvalue weighted by atomic mass is 32.2. The number of nitrogens with one attached hydrogen (secondary N) is 1. The number of carbonyl (C=O) groups excluding carboxylic acids is 1. The number of aryl methyl sites for hydroxylation is 3. The number of rotatable bonds is 8. The molecule has 0 bridgehead atoms. The highest BCUT2D eigenvalue weighted by molar-refractivity contribution is 7.91. The third-order valence-electron chi connectivity index (χ3n) is 4.93. The van der Waals surface area contributed by atoms with Crippen molar-refractivity contribution >= 4 is 27.1 Å². The molecule has 0 radical (unpaired) electrons. The predicted octanol–water partition coefficient (Wildman–Crippen LogP) is 4.26. The van der Waals surface area contributed by atoms with Crippen LogP contribution in [0.15, 0.2) is 41.3 Å². The number of hydrogen-bond acceptors (Lipinski definition) is 4. The van der Waals surface area contributed by atoms with E-state index in [9.17, 15) is 13.2 Å². The van der Waals surface area contributed by atoms with Gasteiger partial charge in [-0.3, -0.25) is 4.79 Å². The number of benzene rings is 2. The molecular weight excluding hydrogens is 372 g/mol. The quantitative estimate of drug-likeness (QED) is 0.716. The van der Waals surface area contributed by atoms with Crippen molar-refractivity contribution < 1.29 is 13.2 Å². The molecule has 0 fully saturated rings. The van der Waals surface area contributed by atoms with Gasteiger partial charge < -0.3 is 10.2 Å². The second-order valence-corrected chi connectivity index (χ2v) is 9.06. The Morgan fingerprint density at radius 3 is 2.11 bits per heavy atom. The number of amides is 1. The van der Waals surface area contributed by atoms with Gasteiger partial charge in [0, 0.05) is 30.9 Å². The average molecular weight is 403 g/mol. The molecule has 0 heterocycles. The van der Waals surface area contributed by atoms with Crippen molar-refractivity contribution in [3.63, 3.8) is 0 Å². The van der Waals surface area contributed by atoms with Crippen LogP contribution in [0, 0.1) is 20.8 Å². The predicted molar refractivity (Wildman–Crippen MR) is 116 cm³/mol. The van der Waals surface area contributed by atoms with Gasteiger partial charge in [0.1, 0.15) is 0 Å². The normalized spacial score (nSPS) is 11.3. The van der Waals surface area contributed by atoms with Crippen molar-refractivity contribution in [3.05, 3.63) is 53.1 Å². The molecule has 0 spiro atoms. The lowest BCUT2D eigenvalue weighted by molar-refractivity contribution is -0.115. The summed E-state index contributed by atoms with van der Waals surface area (Å²) in [5.74, 6) is -0.505. The van der Waals surface area contributed by atoms with Crippen molar-refractivity contribution in [2.45, 2.75) is 45.9 Å². The van der Waals surface area contributed by atoms with E-state index in [2.05, 4.69) is 24.1 Å². The van der Waals surface area contributed by atoms with Gasteiger partial charge in [0.05, 0.1) is 10.6 Å². The lowest BCUT2D eigenvalue weighted by atomic mass is 10.1. The first-order valence-corrected chi connectivity index (χ1v) is 11.3. The van der Waals surface area contributed by atoms with Gasteiger partial charge in [0.25, 0.3) is 0 Å². The summed E-state index contributed by atoms with van der Waals surface area (Å²) >= 11 is 0. The summed E-state index contributed by atoms with van der Waals surface area (Å²) < 4.78 is 25.4. The van der Waals surface area contributed by atoms with Gasteiger partial charge in [-0.25, -0.2) is 8.42 Å². The third kappa shape index (κ3) is 5.13. The summed E-state index contributed by atoms with van der Waals surface area (Å²) in [5.41, 5.74) is 4.20. The summed E-state index contributed by atoms with van der Waals surface area (Å²) in [6.45, 7) is 11.5. The molecule has 0 aliphatic rings. The molecule has 0 aliphatic carbocycles. The van der Waals surface area contributed by atoms with Crippen LogP contribution in [-0.2, 0) is 14.6 Å². The molecule has 0 aliphatic heterocycles. The van der Waals surface area contributed by atoms with Crippen molar-refractivity contribution in [1.82, 2.24) is 0 Å². The first kappa shape index (κ1) is 22.0. The summed E-state index contributed by atoms with van der Waals surface area (Å²) in [6, 6.07) is 11.3. The Hall–Kier alpha value is -2.34. The lowest BCUT2D eigenvalue weighted by Crippen LogP contribution is -2.22. The lowest BCUT2D eigenvalue weighted by Gasteiger charge is -2.22. The first-order chi connectivity index (χ1) is 13.2. The highest BCUT2D eigenvalue weighted by Crippen LogP contribution is 2.24. The van der Waals surface area contributed by atoms with E-state index in [-0.39, 0.29) is 18.1 Å². The molecule has 1 N–H and O–H groups in total. The van der Waals surface area contributed by atoms with Gasteiger partial charge in [-0.15, -0.1) is 0 Å². The number of hydrogen-bond donors (Lipinski definition) is 1. The van der Waals surface area contributed by atoms with E-state index in [1.54, 1.807) is 26.0 Å². The fraction of sp³-hybridized carbons (Fsp3) is 0.409. The van der Waals surface area contributed by atoms with Crippen LogP contribution >= 0.6 is 0 Å². The highest BCUT2D eigenvalue weighted by Gasteiger charge is 2.21. The van der Waals surface area contributed by atoms with Crippen molar-refractivity contribution in [2.75, 3.05) is 29.1 Å². The van der Waals surface area contributed by atoms with E-state index in [0.29, 0.717) is 21.7 Å². The van der Waals surface area contributed by atoms with E-state index in [4.69, 9.17) is 0 Å². The van der Waals surface area contributed by atoms with Crippen LogP contribution in [0.2, 0.25) is 0 Å². The summed E-state index contributed by atoms with van der Waals surface area (Å²) in [5, 5.41) is 2.84. The van der Waals surface area contributed by atoms with Crippen LogP contribution in [0.25, 0.3) is 0 Å². The maximum absolute atomic E-state index is 12.7.